The molecule has 0 atom stereocenters. The second-order valence-corrected chi connectivity index (χ2v) is 8.69. The summed E-state index contributed by atoms with van der Waals surface area (Å²) in [5, 5.41) is 3.56. The molecule has 0 spiro atoms. The summed E-state index contributed by atoms with van der Waals surface area (Å²) in [6.07, 6.45) is 0. The predicted molar refractivity (Wildman–Crippen MR) is 131 cm³/mol. The Kier molecular flexibility index (Phi) is 6.35. The van der Waals surface area contributed by atoms with Crippen molar-refractivity contribution in [2.75, 3.05) is 11.9 Å². The standard InChI is InChI=1S/C25H19BrClNO4/c1-14-11-15(2)22-20(12-14)32-24(18-5-3-4-6-19(18)27)25(23(22)30)31-13-21(29)28-17-9-7-16(26)8-10-17/h3-12H,13H2,1-2H3,(H,28,29). The van der Waals surface area contributed by atoms with Gasteiger partial charge in [-0.15, -0.1) is 0 Å². The fourth-order valence-electron chi connectivity index (χ4n) is 3.49. The molecule has 1 aromatic heterocycles. The molecule has 162 valence electrons. The summed E-state index contributed by atoms with van der Waals surface area (Å²) in [6, 6.07) is 17.9. The summed E-state index contributed by atoms with van der Waals surface area (Å²) in [5.41, 5.74) is 2.94. The SMILES string of the molecule is Cc1cc(C)c2c(=O)c(OCC(=O)Nc3ccc(Br)cc3)c(-c3ccccc3Cl)oc2c1. The minimum Gasteiger partial charge on any atom is -0.476 e. The van der Waals surface area contributed by atoms with Crippen LogP contribution in [0.4, 0.5) is 5.69 Å². The number of carbonyl (C=O) groups excluding carboxylic acids is 1. The van der Waals surface area contributed by atoms with E-state index in [1.807, 2.05) is 32.0 Å². The van der Waals surface area contributed by atoms with Gasteiger partial charge in [-0.2, -0.15) is 0 Å². The third kappa shape index (κ3) is 4.56. The topological polar surface area (TPSA) is 68.5 Å². The molecule has 0 saturated carbocycles. The third-order valence-electron chi connectivity index (χ3n) is 4.89. The Morgan fingerprint density at radius 3 is 2.53 bits per heavy atom. The molecule has 0 aliphatic carbocycles. The van der Waals surface area contributed by atoms with Crippen LogP contribution in [0.5, 0.6) is 5.75 Å². The highest BCUT2D eigenvalue weighted by Crippen LogP contribution is 2.36. The molecule has 0 aliphatic heterocycles. The minimum absolute atomic E-state index is 0.0523. The zero-order chi connectivity index (χ0) is 22.8. The van der Waals surface area contributed by atoms with Gasteiger partial charge in [0, 0.05) is 15.7 Å². The quantitative estimate of drug-likeness (QED) is 0.331. The number of anilines is 1. The normalized spacial score (nSPS) is 10.9. The van der Waals surface area contributed by atoms with Gasteiger partial charge in [-0.1, -0.05) is 45.7 Å². The molecule has 1 amide bonds. The molecule has 4 rings (SSSR count). The summed E-state index contributed by atoms with van der Waals surface area (Å²) >= 11 is 9.73. The average molecular weight is 513 g/mol. The van der Waals surface area contributed by atoms with E-state index in [9.17, 15) is 9.59 Å². The van der Waals surface area contributed by atoms with Gasteiger partial charge in [0.25, 0.3) is 5.91 Å². The lowest BCUT2D eigenvalue weighted by Gasteiger charge is -2.14. The molecule has 4 aromatic rings. The summed E-state index contributed by atoms with van der Waals surface area (Å²) in [4.78, 5) is 25.9. The van der Waals surface area contributed by atoms with Crippen molar-refractivity contribution in [2.45, 2.75) is 13.8 Å². The van der Waals surface area contributed by atoms with Crippen molar-refractivity contribution in [3.63, 3.8) is 0 Å². The van der Waals surface area contributed by atoms with Crippen LogP contribution in [0.2, 0.25) is 5.02 Å². The van der Waals surface area contributed by atoms with Gasteiger partial charge in [0.05, 0.1) is 10.4 Å². The Labute approximate surface area is 198 Å². The van der Waals surface area contributed by atoms with Crippen LogP contribution in [-0.4, -0.2) is 12.5 Å². The van der Waals surface area contributed by atoms with E-state index in [2.05, 4.69) is 21.2 Å². The van der Waals surface area contributed by atoms with Crippen LogP contribution in [-0.2, 0) is 4.79 Å². The zero-order valence-electron chi connectivity index (χ0n) is 17.4. The number of hydrogen-bond acceptors (Lipinski definition) is 4. The molecule has 32 heavy (non-hydrogen) atoms. The first-order valence-corrected chi connectivity index (χ1v) is 11.0. The van der Waals surface area contributed by atoms with Crippen LogP contribution in [0.3, 0.4) is 0 Å². The average Bonchev–Trinajstić information content (AvgIpc) is 2.74. The maximum Gasteiger partial charge on any atom is 0.262 e. The number of hydrogen-bond donors (Lipinski definition) is 1. The second-order valence-electron chi connectivity index (χ2n) is 7.37. The molecule has 1 N–H and O–H groups in total. The van der Waals surface area contributed by atoms with Crippen molar-refractivity contribution in [3.8, 4) is 17.1 Å². The Hall–Kier alpha value is -3.09. The number of benzene rings is 3. The Morgan fingerprint density at radius 1 is 1.09 bits per heavy atom. The molecular weight excluding hydrogens is 494 g/mol. The molecular formula is C25H19BrClNO4. The van der Waals surface area contributed by atoms with Crippen molar-refractivity contribution in [3.05, 3.63) is 91.5 Å². The molecule has 5 nitrogen and oxygen atoms in total. The van der Waals surface area contributed by atoms with E-state index in [0.717, 1.165) is 15.6 Å². The molecule has 3 aromatic carbocycles. The number of carbonyl (C=O) groups is 1. The van der Waals surface area contributed by atoms with Gasteiger partial charge in [-0.3, -0.25) is 9.59 Å². The van der Waals surface area contributed by atoms with E-state index >= 15 is 0 Å². The number of rotatable bonds is 5. The largest absolute Gasteiger partial charge is 0.476 e. The van der Waals surface area contributed by atoms with Crippen molar-refractivity contribution in [1.29, 1.82) is 0 Å². The highest BCUT2D eigenvalue weighted by atomic mass is 79.9. The van der Waals surface area contributed by atoms with Crippen molar-refractivity contribution in [1.82, 2.24) is 0 Å². The summed E-state index contributed by atoms with van der Waals surface area (Å²) in [5.74, 6) is -0.268. The van der Waals surface area contributed by atoms with Crippen LogP contribution >= 0.6 is 27.5 Å². The fraction of sp³-hybridized carbons (Fsp3) is 0.120. The van der Waals surface area contributed by atoms with Gasteiger partial charge in [0.2, 0.25) is 11.2 Å². The first-order chi connectivity index (χ1) is 15.3. The Bertz CT molecular complexity index is 1380. The van der Waals surface area contributed by atoms with Crippen LogP contribution in [0.25, 0.3) is 22.3 Å². The van der Waals surface area contributed by atoms with Crippen molar-refractivity contribution in [2.24, 2.45) is 0 Å². The third-order valence-corrected chi connectivity index (χ3v) is 5.75. The number of halogens is 2. The zero-order valence-corrected chi connectivity index (χ0v) is 19.7. The van der Waals surface area contributed by atoms with Gasteiger partial charge in [0.1, 0.15) is 5.58 Å². The Morgan fingerprint density at radius 2 is 1.81 bits per heavy atom. The maximum atomic E-state index is 13.4. The molecule has 0 unspecified atom stereocenters. The lowest BCUT2D eigenvalue weighted by Crippen LogP contribution is -2.22. The summed E-state index contributed by atoms with van der Waals surface area (Å²) in [6.45, 7) is 3.40. The van der Waals surface area contributed by atoms with Crippen molar-refractivity contribution < 1.29 is 13.9 Å². The highest BCUT2D eigenvalue weighted by Gasteiger charge is 2.21. The molecule has 0 bridgehead atoms. The van der Waals surface area contributed by atoms with E-state index in [-0.39, 0.29) is 23.5 Å². The summed E-state index contributed by atoms with van der Waals surface area (Å²) < 4.78 is 12.8. The lowest BCUT2D eigenvalue weighted by atomic mass is 10.0. The van der Waals surface area contributed by atoms with Crippen molar-refractivity contribution >= 4 is 50.1 Å². The molecule has 7 heteroatoms. The molecule has 1 heterocycles. The van der Waals surface area contributed by atoms with Crippen LogP contribution in [0, 0.1) is 13.8 Å². The van der Waals surface area contributed by atoms with E-state index in [1.54, 1.807) is 42.5 Å². The second kappa shape index (κ2) is 9.18. The Balaban J connectivity index is 1.75. The molecule has 0 radical (unpaired) electrons. The predicted octanol–water partition coefficient (Wildman–Crippen LogP) is 6.51. The van der Waals surface area contributed by atoms with Gasteiger partial charge in [-0.05, 0) is 67.4 Å². The van der Waals surface area contributed by atoms with Gasteiger partial charge in [-0.25, -0.2) is 0 Å². The van der Waals surface area contributed by atoms with Crippen LogP contribution in [0.1, 0.15) is 11.1 Å². The lowest BCUT2D eigenvalue weighted by molar-refractivity contribution is -0.118. The van der Waals surface area contributed by atoms with E-state index in [0.29, 0.717) is 27.2 Å². The van der Waals surface area contributed by atoms with Crippen LogP contribution < -0.4 is 15.5 Å². The van der Waals surface area contributed by atoms with Crippen LogP contribution in [0.15, 0.2) is 74.3 Å². The number of ether oxygens (including phenoxy) is 1. The number of fused-ring (bicyclic) bond motifs is 1. The fourth-order valence-corrected chi connectivity index (χ4v) is 3.98. The monoisotopic (exact) mass is 511 g/mol. The number of aryl methyl sites for hydroxylation is 2. The minimum atomic E-state index is -0.405. The highest BCUT2D eigenvalue weighted by molar-refractivity contribution is 9.10. The van der Waals surface area contributed by atoms with Gasteiger partial charge >= 0.3 is 0 Å². The number of nitrogens with one attached hydrogen (secondary N) is 1. The molecule has 0 fully saturated rings. The first-order valence-electron chi connectivity index (χ1n) is 9.84. The molecule has 0 aliphatic rings. The molecule has 0 saturated heterocycles. The van der Waals surface area contributed by atoms with Gasteiger partial charge in [0.15, 0.2) is 12.4 Å². The maximum absolute atomic E-state index is 13.4. The van der Waals surface area contributed by atoms with E-state index in [1.165, 1.54) is 0 Å². The summed E-state index contributed by atoms with van der Waals surface area (Å²) in [7, 11) is 0. The smallest absolute Gasteiger partial charge is 0.262 e. The van der Waals surface area contributed by atoms with E-state index < -0.39 is 5.91 Å². The first kappa shape index (κ1) is 22.1. The van der Waals surface area contributed by atoms with Gasteiger partial charge < -0.3 is 14.5 Å². The number of amides is 1. The van der Waals surface area contributed by atoms with E-state index in [4.69, 9.17) is 20.8 Å².